The van der Waals surface area contributed by atoms with Crippen LogP contribution in [0.3, 0.4) is 0 Å². The molecule has 2 rings (SSSR count). The zero-order chi connectivity index (χ0) is 16.0. The van der Waals surface area contributed by atoms with E-state index in [1.54, 1.807) is 12.1 Å². The van der Waals surface area contributed by atoms with Crippen molar-refractivity contribution in [1.29, 1.82) is 0 Å². The smallest absolute Gasteiger partial charge is 0.399 e. The standard InChI is InChI=1S/C16H23BClFO2/c1-7-10(2)11-8-9-12(18)13(14(11)19)17-20-15(3,4)16(5,6)21-17/h8-10H,7H2,1-6H3/t10-/m1/s1. The molecule has 21 heavy (non-hydrogen) atoms. The van der Waals surface area contributed by atoms with Crippen LogP contribution in [0.4, 0.5) is 4.39 Å². The van der Waals surface area contributed by atoms with E-state index >= 15 is 0 Å². The van der Waals surface area contributed by atoms with Gasteiger partial charge < -0.3 is 9.31 Å². The molecule has 116 valence electrons. The molecule has 5 heteroatoms. The summed E-state index contributed by atoms with van der Waals surface area (Å²) in [7, 11) is -0.772. The van der Waals surface area contributed by atoms with Gasteiger partial charge >= 0.3 is 7.12 Å². The van der Waals surface area contributed by atoms with Gasteiger partial charge in [0.1, 0.15) is 5.82 Å². The van der Waals surface area contributed by atoms with E-state index in [2.05, 4.69) is 0 Å². The van der Waals surface area contributed by atoms with Gasteiger partial charge in [0.2, 0.25) is 0 Å². The quantitative estimate of drug-likeness (QED) is 0.775. The maximum Gasteiger partial charge on any atom is 0.499 e. The van der Waals surface area contributed by atoms with Crippen molar-refractivity contribution in [2.45, 2.75) is 65.1 Å². The molecule has 1 fully saturated rings. The lowest BCUT2D eigenvalue weighted by Crippen LogP contribution is -2.41. The average molecular weight is 313 g/mol. The Morgan fingerprint density at radius 1 is 1.19 bits per heavy atom. The molecular weight excluding hydrogens is 289 g/mol. The van der Waals surface area contributed by atoms with Crippen molar-refractivity contribution in [1.82, 2.24) is 0 Å². The Bertz CT molecular complexity index is 529. The van der Waals surface area contributed by atoms with E-state index in [0.717, 1.165) is 6.42 Å². The highest BCUT2D eigenvalue weighted by atomic mass is 35.5. The Hall–Kier alpha value is -0.575. The first-order valence-corrected chi connectivity index (χ1v) is 7.82. The van der Waals surface area contributed by atoms with Gasteiger partial charge in [-0.2, -0.15) is 0 Å². The molecule has 1 aromatic carbocycles. The molecule has 1 heterocycles. The molecule has 0 aromatic heterocycles. The Morgan fingerprint density at radius 3 is 2.19 bits per heavy atom. The Kier molecular flexibility index (Phi) is 4.45. The van der Waals surface area contributed by atoms with Crippen LogP contribution in [-0.2, 0) is 9.31 Å². The van der Waals surface area contributed by atoms with Gasteiger partial charge in [-0.3, -0.25) is 0 Å². The molecule has 0 bridgehead atoms. The summed E-state index contributed by atoms with van der Waals surface area (Å²) < 4.78 is 26.7. The molecule has 0 spiro atoms. The van der Waals surface area contributed by atoms with Crippen LogP contribution in [-0.4, -0.2) is 18.3 Å². The molecule has 1 atom stereocenters. The van der Waals surface area contributed by atoms with Crippen molar-refractivity contribution in [3.63, 3.8) is 0 Å². The molecule has 1 aliphatic heterocycles. The van der Waals surface area contributed by atoms with Crippen molar-refractivity contribution < 1.29 is 13.7 Å². The minimum atomic E-state index is -0.772. The molecule has 1 saturated heterocycles. The van der Waals surface area contributed by atoms with E-state index in [0.29, 0.717) is 16.0 Å². The molecule has 0 N–H and O–H groups in total. The lowest BCUT2D eigenvalue weighted by atomic mass is 9.76. The topological polar surface area (TPSA) is 18.5 Å². The summed E-state index contributed by atoms with van der Waals surface area (Å²) in [4.78, 5) is 0. The largest absolute Gasteiger partial charge is 0.499 e. The van der Waals surface area contributed by atoms with Crippen molar-refractivity contribution >= 4 is 24.2 Å². The normalized spacial score (nSPS) is 21.6. The first-order valence-electron chi connectivity index (χ1n) is 7.44. The van der Waals surface area contributed by atoms with E-state index in [4.69, 9.17) is 20.9 Å². The summed E-state index contributed by atoms with van der Waals surface area (Å²) in [5.74, 6) is -0.182. The summed E-state index contributed by atoms with van der Waals surface area (Å²) >= 11 is 6.22. The highest BCUT2D eigenvalue weighted by molar-refractivity contribution is 6.65. The van der Waals surface area contributed by atoms with Gasteiger partial charge in [0.25, 0.3) is 0 Å². The van der Waals surface area contributed by atoms with E-state index in [9.17, 15) is 4.39 Å². The van der Waals surface area contributed by atoms with Crippen LogP contribution in [0.2, 0.25) is 5.02 Å². The third-order valence-corrected chi connectivity index (χ3v) is 5.12. The lowest BCUT2D eigenvalue weighted by Gasteiger charge is -2.32. The number of hydrogen-bond acceptors (Lipinski definition) is 2. The van der Waals surface area contributed by atoms with Crippen LogP contribution >= 0.6 is 11.6 Å². The summed E-state index contributed by atoms with van der Waals surface area (Å²) in [6.45, 7) is 11.8. The van der Waals surface area contributed by atoms with Crippen LogP contribution in [0.5, 0.6) is 0 Å². The van der Waals surface area contributed by atoms with Crippen LogP contribution in [0.1, 0.15) is 59.4 Å². The Morgan fingerprint density at radius 2 is 1.71 bits per heavy atom. The first-order chi connectivity index (χ1) is 9.60. The van der Waals surface area contributed by atoms with Crippen molar-refractivity contribution in [2.75, 3.05) is 0 Å². The fourth-order valence-electron chi connectivity index (χ4n) is 2.36. The van der Waals surface area contributed by atoms with Crippen LogP contribution < -0.4 is 5.46 Å². The van der Waals surface area contributed by atoms with Gasteiger partial charge in [-0.15, -0.1) is 0 Å². The second-order valence-corrected chi connectivity index (χ2v) is 7.17. The van der Waals surface area contributed by atoms with Gasteiger partial charge in [-0.1, -0.05) is 31.5 Å². The van der Waals surface area contributed by atoms with Gasteiger partial charge in [0.15, 0.2) is 0 Å². The predicted molar refractivity (Wildman–Crippen MR) is 85.8 cm³/mol. The van der Waals surface area contributed by atoms with E-state index in [1.807, 2.05) is 41.5 Å². The maximum atomic E-state index is 14.9. The summed E-state index contributed by atoms with van der Waals surface area (Å²) in [6.07, 6.45) is 0.862. The minimum absolute atomic E-state index is 0.128. The molecule has 1 aliphatic rings. The fraction of sp³-hybridized carbons (Fsp3) is 0.625. The zero-order valence-corrected chi connectivity index (χ0v) is 14.3. The van der Waals surface area contributed by atoms with E-state index in [1.165, 1.54) is 0 Å². The third kappa shape index (κ3) is 2.86. The summed E-state index contributed by atoms with van der Waals surface area (Å²) in [5.41, 5.74) is -0.0562. The lowest BCUT2D eigenvalue weighted by molar-refractivity contribution is 0.00578. The molecule has 0 radical (unpaired) electrons. The molecule has 0 amide bonds. The summed E-state index contributed by atoms with van der Waals surface area (Å²) in [6, 6.07) is 3.48. The summed E-state index contributed by atoms with van der Waals surface area (Å²) in [5, 5.41) is 0.345. The maximum absolute atomic E-state index is 14.9. The Balaban J connectivity index is 2.46. The number of benzene rings is 1. The molecule has 0 aliphatic carbocycles. The second-order valence-electron chi connectivity index (χ2n) is 6.76. The first kappa shape index (κ1) is 16.8. The molecule has 1 aromatic rings. The van der Waals surface area contributed by atoms with Crippen LogP contribution in [0.15, 0.2) is 12.1 Å². The number of halogens is 2. The predicted octanol–water partition coefficient (Wildman–Crippen LogP) is 4.29. The van der Waals surface area contributed by atoms with Gasteiger partial charge in [-0.05, 0) is 51.7 Å². The average Bonchev–Trinajstić information content (AvgIpc) is 2.57. The fourth-order valence-corrected chi connectivity index (χ4v) is 2.60. The molecule has 2 nitrogen and oxygen atoms in total. The van der Waals surface area contributed by atoms with Gasteiger partial charge in [0.05, 0.1) is 11.2 Å². The third-order valence-electron chi connectivity index (χ3n) is 4.79. The molecule has 0 unspecified atom stereocenters. The second kappa shape index (κ2) is 5.56. The SMILES string of the molecule is CC[C@@H](C)c1ccc(Cl)c(B2OC(C)(C)C(C)(C)O2)c1F. The minimum Gasteiger partial charge on any atom is -0.399 e. The van der Waals surface area contributed by atoms with Gasteiger partial charge in [-0.25, -0.2) is 4.39 Å². The number of hydrogen-bond donors (Lipinski definition) is 0. The Labute approximate surface area is 132 Å². The van der Waals surface area contributed by atoms with E-state index < -0.39 is 18.3 Å². The highest BCUT2D eigenvalue weighted by Crippen LogP contribution is 2.37. The van der Waals surface area contributed by atoms with Crippen LogP contribution in [0.25, 0.3) is 0 Å². The van der Waals surface area contributed by atoms with Crippen molar-refractivity contribution in [3.05, 3.63) is 28.5 Å². The molecular formula is C16H23BClFO2. The zero-order valence-electron chi connectivity index (χ0n) is 13.6. The van der Waals surface area contributed by atoms with E-state index in [-0.39, 0.29) is 11.7 Å². The van der Waals surface area contributed by atoms with Crippen molar-refractivity contribution in [2.24, 2.45) is 0 Å². The van der Waals surface area contributed by atoms with Gasteiger partial charge in [0, 0.05) is 10.5 Å². The highest BCUT2D eigenvalue weighted by Gasteiger charge is 2.53. The van der Waals surface area contributed by atoms with Crippen molar-refractivity contribution in [3.8, 4) is 0 Å². The van der Waals surface area contributed by atoms with Crippen LogP contribution in [0, 0.1) is 5.82 Å². The molecule has 0 saturated carbocycles. The monoisotopic (exact) mass is 312 g/mol. The number of rotatable bonds is 3.